The maximum atomic E-state index is 5.34. The molecule has 1 aliphatic carbocycles. The van der Waals surface area contributed by atoms with E-state index in [1.807, 2.05) is 0 Å². The van der Waals surface area contributed by atoms with Crippen molar-refractivity contribution < 1.29 is 0 Å². The van der Waals surface area contributed by atoms with Crippen LogP contribution in [0.1, 0.15) is 32.6 Å². The molecule has 50 valence electrons. The van der Waals surface area contributed by atoms with Gasteiger partial charge in [-0.15, -0.1) is 12.3 Å². The number of hydrogen-bond acceptors (Lipinski definition) is 0. The van der Waals surface area contributed by atoms with E-state index in [0.717, 1.165) is 5.92 Å². The topological polar surface area (TPSA) is 0 Å². The van der Waals surface area contributed by atoms with E-state index in [1.165, 1.54) is 25.7 Å². The summed E-state index contributed by atoms with van der Waals surface area (Å²) in [4.78, 5) is 0. The minimum Gasteiger partial charge on any atom is -0.120 e. The minimum absolute atomic E-state index is 0.582. The number of terminal acetylenes is 1. The van der Waals surface area contributed by atoms with Crippen LogP contribution < -0.4 is 0 Å². The van der Waals surface area contributed by atoms with Crippen LogP contribution in [0.5, 0.6) is 0 Å². The fourth-order valence-electron chi connectivity index (χ4n) is 1.56. The molecule has 0 spiro atoms. The van der Waals surface area contributed by atoms with Crippen LogP contribution in [0.4, 0.5) is 0 Å². The summed E-state index contributed by atoms with van der Waals surface area (Å²) in [5, 5.41) is 0. The lowest BCUT2D eigenvalue weighted by Crippen LogP contribution is -2.14. The number of hydrogen-bond donors (Lipinski definition) is 0. The van der Waals surface area contributed by atoms with Gasteiger partial charge in [-0.1, -0.05) is 19.8 Å². The van der Waals surface area contributed by atoms with E-state index in [9.17, 15) is 0 Å². The third-order valence-corrected chi connectivity index (χ3v) is 2.33. The molecule has 0 aromatic heterocycles. The number of rotatable bonds is 0. The first-order valence-corrected chi connectivity index (χ1v) is 3.80. The van der Waals surface area contributed by atoms with Gasteiger partial charge in [-0.2, -0.15) is 0 Å². The Balaban J connectivity index is 2.41. The molecule has 0 N–H and O–H groups in total. The molecule has 0 saturated heterocycles. The highest BCUT2D eigenvalue weighted by Gasteiger charge is 2.18. The lowest BCUT2D eigenvalue weighted by molar-refractivity contribution is 0.316. The highest BCUT2D eigenvalue weighted by Crippen LogP contribution is 2.28. The minimum atomic E-state index is 0.582. The maximum absolute atomic E-state index is 5.34. The van der Waals surface area contributed by atoms with Gasteiger partial charge in [0.1, 0.15) is 0 Å². The molecule has 2 unspecified atom stereocenters. The predicted octanol–water partition coefficient (Wildman–Crippen LogP) is 2.45. The monoisotopic (exact) mass is 122 g/mol. The van der Waals surface area contributed by atoms with Gasteiger partial charge in [0.25, 0.3) is 0 Å². The Morgan fingerprint density at radius 1 is 1.33 bits per heavy atom. The van der Waals surface area contributed by atoms with Crippen molar-refractivity contribution in [3.8, 4) is 12.3 Å². The molecule has 1 fully saturated rings. The summed E-state index contributed by atoms with van der Waals surface area (Å²) in [6.07, 6.45) is 10.7. The fraction of sp³-hybridized carbons (Fsp3) is 0.778. The van der Waals surface area contributed by atoms with E-state index in [1.54, 1.807) is 0 Å². The van der Waals surface area contributed by atoms with Crippen LogP contribution in [-0.4, -0.2) is 0 Å². The van der Waals surface area contributed by atoms with Crippen LogP contribution in [0.3, 0.4) is 0 Å². The molecule has 0 heteroatoms. The molecule has 0 aromatic rings. The Morgan fingerprint density at radius 3 is 2.44 bits per heavy atom. The Labute approximate surface area is 57.7 Å². The summed E-state index contributed by atoms with van der Waals surface area (Å²) < 4.78 is 0. The zero-order valence-corrected chi connectivity index (χ0v) is 6.06. The molecule has 1 saturated carbocycles. The van der Waals surface area contributed by atoms with Crippen LogP contribution >= 0.6 is 0 Å². The average molecular weight is 122 g/mol. The van der Waals surface area contributed by atoms with Gasteiger partial charge in [0.2, 0.25) is 0 Å². The van der Waals surface area contributed by atoms with Crippen LogP contribution in [0, 0.1) is 24.2 Å². The Bertz CT molecular complexity index is 118. The van der Waals surface area contributed by atoms with E-state index >= 15 is 0 Å². The van der Waals surface area contributed by atoms with Crippen LogP contribution in [0.2, 0.25) is 0 Å². The summed E-state index contributed by atoms with van der Waals surface area (Å²) in [6.45, 7) is 2.27. The SMILES string of the molecule is C#CC1CCCCC1C. The predicted molar refractivity (Wildman–Crippen MR) is 40.0 cm³/mol. The second-order valence-corrected chi connectivity index (χ2v) is 3.03. The normalized spacial score (nSPS) is 35.6. The van der Waals surface area contributed by atoms with Gasteiger partial charge in [0.15, 0.2) is 0 Å². The van der Waals surface area contributed by atoms with E-state index < -0.39 is 0 Å². The van der Waals surface area contributed by atoms with Crippen molar-refractivity contribution in [2.75, 3.05) is 0 Å². The molecular weight excluding hydrogens is 108 g/mol. The van der Waals surface area contributed by atoms with Gasteiger partial charge in [-0.3, -0.25) is 0 Å². The molecule has 9 heavy (non-hydrogen) atoms. The molecule has 1 aliphatic rings. The quantitative estimate of drug-likeness (QED) is 0.433. The second kappa shape index (κ2) is 2.92. The van der Waals surface area contributed by atoms with Crippen LogP contribution in [0.15, 0.2) is 0 Å². The van der Waals surface area contributed by atoms with Crippen molar-refractivity contribution in [3.05, 3.63) is 0 Å². The van der Waals surface area contributed by atoms with Crippen molar-refractivity contribution in [2.24, 2.45) is 11.8 Å². The van der Waals surface area contributed by atoms with Crippen molar-refractivity contribution >= 4 is 0 Å². The van der Waals surface area contributed by atoms with Crippen LogP contribution in [-0.2, 0) is 0 Å². The van der Waals surface area contributed by atoms with Crippen LogP contribution in [0.25, 0.3) is 0 Å². The largest absolute Gasteiger partial charge is 0.120 e. The van der Waals surface area contributed by atoms with E-state index in [-0.39, 0.29) is 0 Å². The molecule has 0 aliphatic heterocycles. The maximum Gasteiger partial charge on any atom is 0.0225 e. The van der Waals surface area contributed by atoms with Gasteiger partial charge < -0.3 is 0 Å². The molecular formula is C9H14. The van der Waals surface area contributed by atoms with Crippen molar-refractivity contribution in [1.82, 2.24) is 0 Å². The van der Waals surface area contributed by atoms with Gasteiger partial charge in [-0.25, -0.2) is 0 Å². The summed E-state index contributed by atoms with van der Waals surface area (Å²) >= 11 is 0. The van der Waals surface area contributed by atoms with Gasteiger partial charge in [0, 0.05) is 5.92 Å². The van der Waals surface area contributed by atoms with Crippen molar-refractivity contribution in [1.29, 1.82) is 0 Å². The summed E-state index contributed by atoms with van der Waals surface area (Å²) in [5.74, 6) is 4.22. The molecule has 0 bridgehead atoms. The van der Waals surface area contributed by atoms with Crippen molar-refractivity contribution in [3.63, 3.8) is 0 Å². The summed E-state index contributed by atoms with van der Waals surface area (Å²) in [7, 11) is 0. The first-order chi connectivity index (χ1) is 4.34. The first kappa shape index (κ1) is 6.68. The van der Waals surface area contributed by atoms with Gasteiger partial charge in [0.05, 0.1) is 0 Å². The van der Waals surface area contributed by atoms with Gasteiger partial charge in [-0.05, 0) is 18.8 Å². The average Bonchev–Trinajstić information content (AvgIpc) is 1.89. The molecule has 0 amide bonds. The summed E-state index contributed by atoms with van der Waals surface area (Å²) in [6, 6.07) is 0. The third kappa shape index (κ3) is 1.48. The fourth-order valence-corrected chi connectivity index (χ4v) is 1.56. The molecule has 0 heterocycles. The highest BCUT2D eigenvalue weighted by molar-refractivity contribution is 4.96. The lowest BCUT2D eigenvalue weighted by atomic mass is 9.81. The second-order valence-electron chi connectivity index (χ2n) is 3.03. The zero-order valence-electron chi connectivity index (χ0n) is 6.06. The van der Waals surface area contributed by atoms with E-state index in [4.69, 9.17) is 6.42 Å². The highest BCUT2D eigenvalue weighted by atomic mass is 14.2. The smallest absolute Gasteiger partial charge is 0.0225 e. The van der Waals surface area contributed by atoms with Crippen molar-refractivity contribution in [2.45, 2.75) is 32.6 Å². The molecule has 0 radical (unpaired) electrons. The third-order valence-electron chi connectivity index (χ3n) is 2.33. The molecule has 0 aromatic carbocycles. The summed E-state index contributed by atoms with van der Waals surface area (Å²) in [5.41, 5.74) is 0. The van der Waals surface area contributed by atoms with Gasteiger partial charge >= 0.3 is 0 Å². The molecule has 0 nitrogen and oxygen atoms in total. The molecule has 2 atom stereocenters. The van der Waals surface area contributed by atoms with E-state index in [0.29, 0.717) is 5.92 Å². The van der Waals surface area contributed by atoms with E-state index in [2.05, 4.69) is 12.8 Å². The first-order valence-electron chi connectivity index (χ1n) is 3.80. The zero-order chi connectivity index (χ0) is 6.69. The Kier molecular flexibility index (Phi) is 2.16. The lowest BCUT2D eigenvalue weighted by Gasteiger charge is -2.23. The standard InChI is InChI=1S/C9H14/c1-3-9-7-5-4-6-8(9)2/h1,8-9H,4-7H2,2H3. The molecule has 1 rings (SSSR count). The Morgan fingerprint density at radius 2 is 2.00 bits per heavy atom. The Hall–Kier alpha value is -0.440.